The Kier molecular flexibility index (Phi) is 1.84. The number of nitrogens with one attached hydrogen (secondary N) is 1. The van der Waals surface area contributed by atoms with Crippen molar-refractivity contribution in [2.75, 3.05) is 5.73 Å². The van der Waals surface area contributed by atoms with Gasteiger partial charge in [0.2, 0.25) is 0 Å². The van der Waals surface area contributed by atoms with Crippen molar-refractivity contribution in [3.8, 4) is 11.4 Å². The molecule has 0 aliphatic rings. The van der Waals surface area contributed by atoms with Gasteiger partial charge in [-0.2, -0.15) is 10.2 Å². The molecule has 0 spiro atoms. The molecule has 68 valence electrons. The monoisotopic (exact) mass is 241 g/mol. The summed E-state index contributed by atoms with van der Waals surface area (Å²) in [7, 11) is 1.85. The maximum Gasteiger partial charge on any atom is 0.128 e. The van der Waals surface area contributed by atoms with Crippen molar-refractivity contribution in [1.29, 1.82) is 0 Å². The van der Waals surface area contributed by atoms with E-state index >= 15 is 0 Å². The highest BCUT2D eigenvalue weighted by Crippen LogP contribution is 2.24. The Labute approximate surface area is 83.1 Å². The van der Waals surface area contributed by atoms with Crippen molar-refractivity contribution in [1.82, 2.24) is 20.0 Å². The molecule has 5 nitrogen and oxygen atoms in total. The Morgan fingerprint density at radius 3 is 2.85 bits per heavy atom. The standard InChI is InChI=1S/C7H8BrN5/c1-13-5(2-6(8)12-13)7-4(9)3-10-11-7/h2-3H,9H2,1H3,(H,10,11). The number of nitrogen functional groups attached to an aromatic ring is 1. The van der Waals surface area contributed by atoms with Crippen LogP contribution in [0.15, 0.2) is 16.9 Å². The van der Waals surface area contributed by atoms with Crippen LogP contribution in [-0.4, -0.2) is 20.0 Å². The molecule has 6 heteroatoms. The van der Waals surface area contributed by atoms with Crippen LogP contribution in [0, 0.1) is 0 Å². The summed E-state index contributed by atoms with van der Waals surface area (Å²) in [5.41, 5.74) is 8.02. The molecule has 0 amide bonds. The Bertz CT molecular complexity index is 430. The van der Waals surface area contributed by atoms with E-state index in [1.165, 1.54) is 0 Å². The minimum absolute atomic E-state index is 0.621. The van der Waals surface area contributed by atoms with Crippen molar-refractivity contribution in [2.24, 2.45) is 7.05 Å². The molecule has 3 N–H and O–H groups in total. The molecule has 2 heterocycles. The van der Waals surface area contributed by atoms with Crippen LogP contribution < -0.4 is 5.73 Å². The van der Waals surface area contributed by atoms with Crippen molar-refractivity contribution < 1.29 is 0 Å². The van der Waals surface area contributed by atoms with Crippen LogP contribution in [0.5, 0.6) is 0 Å². The predicted octanol–water partition coefficient (Wildman–Crippen LogP) is 1.15. The molecule has 2 aromatic rings. The fraction of sp³-hybridized carbons (Fsp3) is 0.143. The third-order valence-corrected chi connectivity index (χ3v) is 2.16. The van der Waals surface area contributed by atoms with Gasteiger partial charge in [-0.05, 0) is 15.9 Å². The van der Waals surface area contributed by atoms with Gasteiger partial charge in [0.15, 0.2) is 0 Å². The second-order valence-corrected chi connectivity index (χ2v) is 3.49. The maximum atomic E-state index is 5.70. The van der Waals surface area contributed by atoms with Crippen molar-refractivity contribution >= 4 is 21.6 Å². The Morgan fingerprint density at radius 1 is 1.62 bits per heavy atom. The Morgan fingerprint density at radius 2 is 2.38 bits per heavy atom. The average molecular weight is 242 g/mol. The zero-order valence-electron chi connectivity index (χ0n) is 6.95. The van der Waals surface area contributed by atoms with Gasteiger partial charge in [-0.15, -0.1) is 0 Å². The fourth-order valence-corrected chi connectivity index (χ4v) is 1.62. The number of aromatic nitrogens is 4. The lowest BCUT2D eigenvalue weighted by Gasteiger charge is -1.98. The Hall–Kier alpha value is -1.30. The minimum Gasteiger partial charge on any atom is -0.396 e. The lowest BCUT2D eigenvalue weighted by Crippen LogP contribution is -1.95. The summed E-state index contributed by atoms with van der Waals surface area (Å²) in [6.07, 6.45) is 1.58. The number of nitrogens with zero attached hydrogens (tertiary/aromatic N) is 3. The summed E-state index contributed by atoms with van der Waals surface area (Å²) >= 11 is 3.29. The molecule has 2 rings (SSSR count). The number of H-pyrrole nitrogens is 1. The normalized spacial score (nSPS) is 10.6. The molecule has 0 radical (unpaired) electrons. The van der Waals surface area contributed by atoms with E-state index in [0.717, 1.165) is 16.0 Å². The van der Waals surface area contributed by atoms with Crippen LogP contribution in [0.4, 0.5) is 5.69 Å². The highest BCUT2D eigenvalue weighted by atomic mass is 79.9. The number of rotatable bonds is 1. The van der Waals surface area contributed by atoms with E-state index in [0.29, 0.717) is 5.69 Å². The van der Waals surface area contributed by atoms with E-state index in [1.54, 1.807) is 10.9 Å². The van der Waals surface area contributed by atoms with E-state index in [1.807, 2.05) is 13.1 Å². The molecule has 0 aliphatic heterocycles. The van der Waals surface area contributed by atoms with E-state index in [-0.39, 0.29) is 0 Å². The number of hydrogen-bond donors (Lipinski definition) is 2. The highest BCUT2D eigenvalue weighted by Gasteiger charge is 2.10. The molecular formula is C7H8BrN5. The van der Waals surface area contributed by atoms with Crippen molar-refractivity contribution in [3.63, 3.8) is 0 Å². The van der Waals surface area contributed by atoms with Gasteiger partial charge in [0.1, 0.15) is 10.3 Å². The second-order valence-electron chi connectivity index (χ2n) is 2.68. The zero-order valence-corrected chi connectivity index (χ0v) is 8.54. The van der Waals surface area contributed by atoms with Crippen LogP contribution in [0.1, 0.15) is 0 Å². The first-order chi connectivity index (χ1) is 6.18. The molecule has 0 atom stereocenters. The number of anilines is 1. The number of aryl methyl sites for hydroxylation is 1. The number of nitrogens with two attached hydrogens (primary N) is 1. The highest BCUT2D eigenvalue weighted by molar-refractivity contribution is 9.10. The molecule has 2 aromatic heterocycles. The van der Waals surface area contributed by atoms with Crippen LogP contribution in [-0.2, 0) is 7.05 Å². The number of aromatic amines is 1. The van der Waals surface area contributed by atoms with Crippen LogP contribution >= 0.6 is 15.9 Å². The SMILES string of the molecule is Cn1nc(Br)cc1-c1[nH]ncc1N. The molecule has 0 saturated heterocycles. The summed E-state index contributed by atoms with van der Waals surface area (Å²) in [5, 5.41) is 10.8. The molecular weight excluding hydrogens is 234 g/mol. The molecule has 0 aromatic carbocycles. The predicted molar refractivity (Wildman–Crippen MR) is 52.9 cm³/mol. The molecule has 0 unspecified atom stereocenters. The van der Waals surface area contributed by atoms with Gasteiger partial charge in [-0.25, -0.2) is 0 Å². The van der Waals surface area contributed by atoms with E-state index in [9.17, 15) is 0 Å². The quantitative estimate of drug-likeness (QED) is 0.787. The first-order valence-corrected chi connectivity index (χ1v) is 4.46. The Balaban J connectivity index is 2.58. The summed E-state index contributed by atoms with van der Waals surface area (Å²) in [4.78, 5) is 0. The zero-order chi connectivity index (χ0) is 9.42. The topological polar surface area (TPSA) is 72.5 Å². The lowest BCUT2D eigenvalue weighted by molar-refractivity contribution is 0.765. The third kappa shape index (κ3) is 1.33. The van der Waals surface area contributed by atoms with Gasteiger partial charge in [0.05, 0.1) is 17.6 Å². The molecule has 0 saturated carbocycles. The van der Waals surface area contributed by atoms with Crippen molar-refractivity contribution in [2.45, 2.75) is 0 Å². The first-order valence-electron chi connectivity index (χ1n) is 3.67. The average Bonchev–Trinajstić information content (AvgIpc) is 2.58. The van der Waals surface area contributed by atoms with Crippen LogP contribution in [0.25, 0.3) is 11.4 Å². The summed E-state index contributed by atoms with van der Waals surface area (Å²) in [6, 6.07) is 1.88. The summed E-state index contributed by atoms with van der Waals surface area (Å²) < 4.78 is 2.51. The molecule has 13 heavy (non-hydrogen) atoms. The van der Waals surface area contributed by atoms with Crippen LogP contribution in [0.2, 0.25) is 0 Å². The largest absolute Gasteiger partial charge is 0.396 e. The fourth-order valence-electron chi connectivity index (χ4n) is 1.17. The van der Waals surface area contributed by atoms with Gasteiger partial charge in [-0.3, -0.25) is 9.78 Å². The maximum absolute atomic E-state index is 5.70. The van der Waals surface area contributed by atoms with E-state index in [4.69, 9.17) is 5.73 Å². The van der Waals surface area contributed by atoms with Gasteiger partial charge >= 0.3 is 0 Å². The van der Waals surface area contributed by atoms with Crippen LogP contribution in [0.3, 0.4) is 0 Å². The van der Waals surface area contributed by atoms with E-state index < -0.39 is 0 Å². The smallest absolute Gasteiger partial charge is 0.128 e. The van der Waals surface area contributed by atoms with Gasteiger partial charge in [-0.1, -0.05) is 0 Å². The van der Waals surface area contributed by atoms with Gasteiger partial charge < -0.3 is 5.73 Å². The summed E-state index contributed by atoms with van der Waals surface area (Å²) in [6.45, 7) is 0. The minimum atomic E-state index is 0.621. The first kappa shape index (κ1) is 8.31. The summed E-state index contributed by atoms with van der Waals surface area (Å²) in [5.74, 6) is 0. The number of halogens is 1. The second kappa shape index (κ2) is 2.88. The van der Waals surface area contributed by atoms with Gasteiger partial charge in [0.25, 0.3) is 0 Å². The van der Waals surface area contributed by atoms with Crippen molar-refractivity contribution in [3.05, 3.63) is 16.9 Å². The van der Waals surface area contributed by atoms with E-state index in [2.05, 4.69) is 31.2 Å². The number of hydrogen-bond acceptors (Lipinski definition) is 3. The van der Waals surface area contributed by atoms with Gasteiger partial charge in [0, 0.05) is 13.1 Å². The lowest BCUT2D eigenvalue weighted by atomic mass is 10.3. The third-order valence-electron chi connectivity index (χ3n) is 1.77. The molecule has 0 aliphatic carbocycles. The molecule has 0 bridgehead atoms. The molecule has 0 fully saturated rings.